The molecule has 0 bridgehead atoms. The van der Waals surface area contributed by atoms with Crippen LogP contribution in [-0.2, 0) is 20.0 Å². The quantitative estimate of drug-likeness (QED) is 0.430. The highest BCUT2D eigenvalue weighted by Gasteiger charge is 2.28. The summed E-state index contributed by atoms with van der Waals surface area (Å²) in [6, 6.07) is 0. The van der Waals surface area contributed by atoms with Gasteiger partial charge in [-0.05, 0) is 18.4 Å². The minimum Gasteiger partial charge on any atom is -0.395 e. The Morgan fingerprint density at radius 2 is 1.62 bits per heavy atom. The van der Waals surface area contributed by atoms with Crippen LogP contribution in [0.25, 0.3) is 0 Å². The molecule has 21 heavy (non-hydrogen) atoms. The molecule has 0 saturated carbocycles. The van der Waals surface area contributed by atoms with Crippen LogP contribution in [-0.4, -0.2) is 53.4 Å². The molecule has 1 rings (SSSR count). The second kappa shape index (κ2) is 7.47. The summed E-state index contributed by atoms with van der Waals surface area (Å²) < 4.78 is 52.4. The lowest BCUT2D eigenvalue weighted by atomic mass is 10.0. The smallest absolute Gasteiger partial charge is 0.240 e. The molecule has 0 fully saturated rings. The van der Waals surface area contributed by atoms with E-state index in [-0.39, 0.29) is 48.5 Å². The van der Waals surface area contributed by atoms with Crippen LogP contribution in [0.4, 0.5) is 0 Å². The summed E-state index contributed by atoms with van der Waals surface area (Å²) in [6.45, 7) is 0.690. The molecule has 0 aromatic heterocycles. The lowest BCUT2D eigenvalue weighted by molar-refractivity contribution is 0.301. The number of nitrogens with one attached hydrogen (secondary N) is 2. The van der Waals surface area contributed by atoms with Crippen molar-refractivity contribution >= 4 is 20.0 Å². The highest BCUT2D eigenvalue weighted by Crippen LogP contribution is 2.29. The Labute approximate surface area is 124 Å². The Morgan fingerprint density at radius 1 is 1.10 bits per heavy atom. The van der Waals surface area contributed by atoms with E-state index < -0.39 is 20.0 Å². The molecule has 0 aromatic carbocycles. The second-order valence-electron chi connectivity index (χ2n) is 4.53. The summed E-state index contributed by atoms with van der Waals surface area (Å²) in [5.41, 5.74) is 0. The van der Waals surface area contributed by atoms with Gasteiger partial charge >= 0.3 is 0 Å². The summed E-state index contributed by atoms with van der Waals surface area (Å²) in [5.74, 6) is -0.363. The van der Waals surface area contributed by atoms with Gasteiger partial charge in [-0.15, -0.1) is 0 Å². The topological polar surface area (TPSA) is 133 Å². The maximum absolute atomic E-state index is 12.1. The van der Waals surface area contributed by atoms with Crippen molar-refractivity contribution in [3.63, 3.8) is 0 Å². The van der Waals surface area contributed by atoms with E-state index >= 15 is 0 Å². The molecule has 0 spiro atoms. The molecule has 0 heterocycles. The van der Waals surface area contributed by atoms with Gasteiger partial charge in [0.15, 0.2) is 0 Å². The molecule has 8 nitrogen and oxygen atoms in total. The van der Waals surface area contributed by atoms with E-state index in [9.17, 15) is 16.8 Å². The van der Waals surface area contributed by atoms with E-state index in [0.29, 0.717) is 0 Å². The minimum atomic E-state index is -3.85. The fourth-order valence-electron chi connectivity index (χ4n) is 1.81. The standard InChI is InChI=1S/C11H20N2O6S2/c1-9-2-3-10(20(16,17)12-4-6-14)8-11(9)21(18,19)13-5-7-15/h3,8-9,12-15H,2,4-7H2,1H3. The van der Waals surface area contributed by atoms with E-state index in [0.717, 1.165) is 6.08 Å². The third-order valence-corrected chi connectivity index (χ3v) is 6.09. The number of aliphatic hydroxyl groups excluding tert-OH is 2. The third kappa shape index (κ3) is 4.87. The van der Waals surface area contributed by atoms with Crippen molar-refractivity contribution in [2.45, 2.75) is 13.3 Å². The summed E-state index contributed by atoms with van der Waals surface area (Å²) in [5, 5.41) is 17.3. The number of rotatable bonds is 8. The first kappa shape index (κ1) is 18.3. The largest absolute Gasteiger partial charge is 0.395 e. The van der Waals surface area contributed by atoms with Crippen LogP contribution in [0.1, 0.15) is 13.3 Å². The first-order chi connectivity index (χ1) is 9.74. The van der Waals surface area contributed by atoms with Gasteiger partial charge in [-0.2, -0.15) is 0 Å². The van der Waals surface area contributed by atoms with Crippen molar-refractivity contribution in [2.24, 2.45) is 5.92 Å². The van der Waals surface area contributed by atoms with Gasteiger partial charge < -0.3 is 10.2 Å². The zero-order valence-electron chi connectivity index (χ0n) is 11.6. The van der Waals surface area contributed by atoms with Crippen molar-refractivity contribution in [1.82, 2.24) is 9.44 Å². The normalized spacial score (nSPS) is 20.0. The second-order valence-corrected chi connectivity index (χ2v) is 8.07. The van der Waals surface area contributed by atoms with Crippen molar-refractivity contribution in [2.75, 3.05) is 26.3 Å². The van der Waals surface area contributed by atoms with Crippen LogP contribution in [0, 0.1) is 5.92 Å². The molecule has 1 atom stereocenters. The lowest BCUT2D eigenvalue weighted by Crippen LogP contribution is -2.32. The van der Waals surface area contributed by atoms with Gasteiger partial charge in [0.1, 0.15) is 0 Å². The number of aliphatic hydroxyl groups is 2. The van der Waals surface area contributed by atoms with E-state index in [1.807, 2.05) is 0 Å². The van der Waals surface area contributed by atoms with Crippen LogP contribution in [0.3, 0.4) is 0 Å². The Kier molecular flexibility index (Phi) is 6.50. The zero-order chi connectivity index (χ0) is 16.1. The molecule has 0 amide bonds. The van der Waals surface area contributed by atoms with Gasteiger partial charge in [-0.3, -0.25) is 0 Å². The fourth-order valence-corrected chi connectivity index (χ4v) is 4.44. The maximum Gasteiger partial charge on any atom is 0.240 e. The Morgan fingerprint density at radius 3 is 2.14 bits per heavy atom. The van der Waals surface area contributed by atoms with E-state index in [1.54, 1.807) is 6.92 Å². The molecular formula is C11H20N2O6S2. The molecule has 4 N–H and O–H groups in total. The number of allylic oxidation sites excluding steroid dienone is 3. The van der Waals surface area contributed by atoms with Crippen LogP contribution >= 0.6 is 0 Å². The van der Waals surface area contributed by atoms with Crippen molar-refractivity contribution in [1.29, 1.82) is 0 Å². The summed E-state index contributed by atoms with van der Waals surface area (Å²) in [7, 11) is -7.69. The highest BCUT2D eigenvalue weighted by molar-refractivity contribution is 7.94. The van der Waals surface area contributed by atoms with Crippen molar-refractivity contribution < 1.29 is 27.0 Å². The number of hydrogen-bond donors (Lipinski definition) is 4. The van der Waals surface area contributed by atoms with Gasteiger partial charge in [-0.1, -0.05) is 13.0 Å². The SMILES string of the molecule is CC1CC=C(S(=O)(=O)NCCO)C=C1S(=O)(=O)NCCO. The molecule has 1 aliphatic rings. The molecule has 1 aliphatic carbocycles. The average Bonchev–Trinajstić information content (AvgIpc) is 2.43. The first-order valence-electron chi connectivity index (χ1n) is 6.37. The maximum atomic E-state index is 12.1. The summed E-state index contributed by atoms with van der Waals surface area (Å²) in [6.07, 6.45) is 2.81. The molecule has 122 valence electrons. The van der Waals surface area contributed by atoms with Gasteiger partial charge in [0.2, 0.25) is 20.0 Å². The van der Waals surface area contributed by atoms with Crippen LogP contribution < -0.4 is 9.44 Å². The molecule has 0 radical (unpaired) electrons. The lowest BCUT2D eigenvalue weighted by Gasteiger charge is -2.20. The van der Waals surface area contributed by atoms with Gasteiger partial charge in [0.05, 0.1) is 23.0 Å². The molecule has 0 aliphatic heterocycles. The average molecular weight is 340 g/mol. The molecular weight excluding hydrogens is 320 g/mol. The number of sulfonamides is 2. The Bertz CT molecular complexity index is 621. The minimum absolute atomic E-state index is 0.0391. The van der Waals surface area contributed by atoms with Gasteiger partial charge in [0.25, 0.3) is 0 Å². The van der Waals surface area contributed by atoms with E-state index in [4.69, 9.17) is 10.2 Å². The van der Waals surface area contributed by atoms with Gasteiger partial charge in [-0.25, -0.2) is 26.3 Å². The third-order valence-electron chi connectivity index (χ3n) is 2.87. The molecule has 0 saturated heterocycles. The predicted molar refractivity (Wildman–Crippen MR) is 78.0 cm³/mol. The summed E-state index contributed by atoms with van der Waals surface area (Å²) >= 11 is 0. The monoisotopic (exact) mass is 340 g/mol. The highest BCUT2D eigenvalue weighted by atomic mass is 32.2. The van der Waals surface area contributed by atoms with Gasteiger partial charge in [0, 0.05) is 13.1 Å². The zero-order valence-corrected chi connectivity index (χ0v) is 13.2. The van der Waals surface area contributed by atoms with E-state index in [2.05, 4.69) is 9.44 Å². The predicted octanol–water partition coefficient (Wildman–Crippen LogP) is -1.38. The fraction of sp³-hybridized carbons (Fsp3) is 0.636. The van der Waals surface area contributed by atoms with E-state index in [1.165, 1.54) is 6.08 Å². The molecule has 1 unspecified atom stereocenters. The van der Waals surface area contributed by atoms with Crippen LogP contribution in [0.5, 0.6) is 0 Å². The summed E-state index contributed by atoms with van der Waals surface area (Å²) in [4.78, 5) is -0.179. The van der Waals surface area contributed by atoms with Crippen LogP contribution in [0.15, 0.2) is 22.0 Å². The first-order valence-corrected chi connectivity index (χ1v) is 9.34. The Balaban J connectivity index is 3.07. The van der Waals surface area contributed by atoms with Crippen LogP contribution in [0.2, 0.25) is 0 Å². The molecule has 0 aromatic rings. The molecule has 10 heteroatoms. The number of hydrogen-bond acceptors (Lipinski definition) is 6. The Hall–Kier alpha value is -0.780. The van der Waals surface area contributed by atoms with Crippen molar-refractivity contribution in [3.8, 4) is 0 Å². The van der Waals surface area contributed by atoms with Crippen molar-refractivity contribution in [3.05, 3.63) is 22.0 Å².